The largest absolute Gasteiger partial charge is 0.309 e. The second-order valence-electron chi connectivity index (χ2n) is 10.5. The maximum atomic E-state index is 4.48. The van der Waals surface area contributed by atoms with Gasteiger partial charge in [0.1, 0.15) is 0 Å². The van der Waals surface area contributed by atoms with Crippen LogP contribution < -0.4 is 0 Å². The number of rotatable bonds is 2. The zero-order valence-electron chi connectivity index (χ0n) is 21.6. The number of nitrogens with zero attached hydrogens (tertiary/aromatic N) is 3. The fourth-order valence-electron chi connectivity index (χ4n) is 6.57. The molecule has 40 heavy (non-hydrogen) atoms. The van der Waals surface area contributed by atoms with E-state index >= 15 is 0 Å². The number of benzene rings is 6. The molecule has 0 bridgehead atoms. The molecule has 0 N–H and O–H groups in total. The third kappa shape index (κ3) is 2.92. The Balaban J connectivity index is 1.50. The van der Waals surface area contributed by atoms with E-state index < -0.39 is 0 Å². The third-order valence-corrected chi connectivity index (χ3v) is 8.34. The number of aromatic nitrogens is 3. The van der Waals surface area contributed by atoms with Crippen molar-refractivity contribution >= 4 is 65.2 Å². The maximum Gasteiger partial charge on any atom is 0.0556 e. The molecule has 3 heterocycles. The van der Waals surface area contributed by atoms with Crippen molar-refractivity contribution in [3.8, 4) is 11.4 Å². The van der Waals surface area contributed by atoms with Crippen molar-refractivity contribution in [1.82, 2.24) is 14.1 Å². The summed E-state index contributed by atoms with van der Waals surface area (Å²) < 4.78 is 4.84. The summed E-state index contributed by atoms with van der Waals surface area (Å²) in [4.78, 5) is 4.48. The lowest BCUT2D eigenvalue weighted by Crippen LogP contribution is -1.96. The topological polar surface area (TPSA) is 22.8 Å². The minimum atomic E-state index is 1.14. The van der Waals surface area contributed by atoms with Gasteiger partial charge in [-0.15, -0.1) is 0 Å². The lowest BCUT2D eigenvalue weighted by atomic mass is 10.0. The summed E-state index contributed by atoms with van der Waals surface area (Å²) in [5.41, 5.74) is 7.14. The van der Waals surface area contributed by atoms with Crippen molar-refractivity contribution in [1.29, 1.82) is 0 Å². The predicted molar refractivity (Wildman–Crippen MR) is 168 cm³/mol. The highest BCUT2D eigenvalue weighted by atomic mass is 15.0. The van der Waals surface area contributed by atoms with E-state index in [-0.39, 0.29) is 0 Å². The molecule has 0 fully saturated rings. The molecule has 9 aromatic rings. The van der Waals surface area contributed by atoms with Crippen LogP contribution in [0.5, 0.6) is 0 Å². The maximum absolute atomic E-state index is 4.48. The number of hydrogen-bond acceptors (Lipinski definition) is 1. The average Bonchev–Trinajstić information content (AvgIpc) is 3.50. The minimum absolute atomic E-state index is 1.14. The Kier molecular flexibility index (Phi) is 4.33. The van der Waals surface area contributed by atoms with Crippen molar-refractivity contribution in [2.24, 2.45) is 0 Å². The Labute approximate surface area is 230 Å². The number of hydrogen-bond donors (Lipinski definition) is 0. The van der Waals surface area contributed by atoms with Gasteiger partial charge in [0.15, 0.2) is 0 Å². The first-order valence-electron chi connectivity index (χ1n) is 13.6. The summed E-state index contributed by atoms with van der Waals surface area (Å²) in [6.45, 7) is 0. The minimum Gasteiger partial charge on any atom is -0.309 e. The summed E-state index contributed by atoms with van der Waals surface area (Å²) in [6, 6.07) is 46.2. The second kappa shape index (κ2) is 8.05. The van der Waals surface area contributed by atoms with Crippen LogP contribution in [0.4, 0.5) is 0 Å². The fourth-order valence-corrected chi connectivity index (χ4v) is 6.57. The Hall–Kier alpha value is -5.41. The molecule has 186 valence electrons. The lowest BCUT2D eigenvalue weighted by molar-refractivity contribution is 1.18. The molecule has 3 aromatic heterocycles. The van der Waals surface area contributed by atoms with E-state index in [1.54, 1.807) is 0 Å². The van der Waals surface area contributed by atoms with Crippen LogP contribution >= 0.6 is 0 Å². The van der Waals surface area contributed by atoms with Gasteiger partial charge in [0.05, 0.1) is 27.8 Å². The van der Waals surface area contributed by atoms with Crippen LogP contribution in [-0.2, 0) is 0 Å². The fraction of sp³-hybridized carbons (Fsp3) is 0. The van der Waals surface area contributed by atoms with Crippen LogP contribution in [0, 0.1) is 0 Å². The van der Waals surface area contributed by atoms with Crippen LogP contribution in [0.2, 0.25) is 0 Å². The van der Waals surface area contributed by atoms with Crippen molar-refractivity contribution in [3.05, 3.63) is 140 Å². The summed E-state index contributed by atoms with van der Waals surface area (Å²) in [5, 5.41) is 9.83. The summed E-state index contributed by atoms with van der Waals surface area (Å²) in [5.74, 6) is 0. The molecule has 0 amide bonds. The molecule has 0 aliphatic heterocycles. The van der Waals surface area contributed by atoms with Crippen LogP contribution in [0.1, 0.15) is 0 Å². The molecule has 0 radical (unpaired) electrons. The van der Waals surface area contributed by atoms with Crippen LogP contribution in [0.3, 0.4) is 0 Å². The molecule has 0 atom stereocenters. The molecule has 0 unspecified atom stereocenters. The smallest absolute Gasteiger partial charge is 0.0556 e. The van der Waals surface area contributed by atoms with Gasteiger partial charge in [0.25, 0.3) is 0 Å². The summed E-state index contributed by atoms with van der Waals surface area (Å²) in [6.07, 6.45) is 3.85. The first-order chi connectivity index (χ1) is 19.8. The number of para-hydroxylation sites is 2. The molecule has 3 nitrogen and oxygen atoms in total. The van der Waals surface area contributed by atoms with E-state index in [0.29, 0.717) is 0 Å². The molecule has 0 aliphatic rings. The zero-order chi connectivity index (χ0) is 26.2. The van der Waals surface area contributed by atoms with E-state index in [1.165, 1.54) is 65.5 Å². The van der Waals surface area contributed by atoms with Crippen molar-refractivity contribution in [2.45, 2.75) is 0 Å². The molecule has 0 saturated carbocycles. The van der Waals surface area contributed by atoms with E-state index in [4.69, 9.17) is 0 Å². The van der Waals surface area contributed by atoms with Gasteiger partial charge in [0.2, 0.25) is 0 Å². The Bertz CT molecular complexity index is 2420. The van der Waals surface area contributed by atoms with Crippen molar-refractivity contribution < 1.29 is 0 Å². The average molecular weight is 510 g/mol. The van der Waals surface area contributed by atoms with E-state index in [0.717, 1.165) is 11.1 Å². The van der Waals surface area contributed by atoms with Gasteiger partial charge in [0, 0.05) is 45.0 Å². The molecule has 3 heteroatoms. The van der Waals surface area contributed by atoms with Crippen LogP contribution in [0.15, 0.2) is 140 Å². The summed E-state index contributed by atoms with van der Waals surface area (Å²) in [7, 11) is 0. The predicted octanol–water partition coefficient (Wildman–Crippen LogP) is 9.58. The first kappa shape index (κ1) is 21.5. The molecule has 9 rings (SSSR count). The van der Waals surface area contributed by atoms with Gasteiger partial charge in [-0.25, -0.2) is 0 Å². The Morgan fingerprint density at radius 3 is 1.93 bits per heavy atom. The van der Waals surface area contributed by atoms with Crippen LogP contribution in [-0.4, -0.2) is 14.1 Å². The quantitative estimate of drug-likeness (QED) is 0.227. The normalized spacial score (nSPS) is 12.0. The highest BCUT2D eigenvalue weighted by molar-refractivity contribution is 6.21. The Morgan fingerprint density at radius 2 is 1.05 bits per heavy atom. The van der Waals surface area contributed by atoms with Crippen LogP contribution in [0.25, 0.3) is 76.5 Å². The lowest BCUT2D eigenvalue weighted by Gasteiger charge is -2.11. The SMILES string of the molecule is c1ccc(-n2c3cc4ccccc4cc3c3cc4c(cc32)c2ccccc2n4-c2cccc3ccncc23)cc1. The van der Waals surface area contributed by atoms with Gasteiger partial charge in [-0.3, -0.25) is 4.98 Å². The van der Waals surface area contributed by atoms with E-state index in [9.17, 15) is 0 Å². The first-order valence-corrected chi connectivity index (χ1v) is 13.6. The zero-order valence-corrected chi connectivity index (χ0v) is 21.6. The molecular weight excluding hydrogens is 486 g/mol. The monoisotopic (exact) mass is 509 g/mol. The molecule has 0 saturated heterocycles. The molecular formula is C37H23N3. The van der Waals surface area contributed by atoms with Gasteiger partial charge < -0.3 is 9.13 Å². The highest BCUT2D eigenvalue weighted by Gasteiger charge is 2.19. The van der Waals surface area contributed by atoms with E-state index in [1.807, 2.05) is 12.4 Å². The highest BCUT2D eigenvalue weighted by Crippen LogP contribution is 2.41. The summed E-state index contributed by atoms with van der Waals surface area (Å²) >= 11 is 0. The number of fused-ring (bicyclic) bond motifs is 8. The van der Waals surface area contributed by atoms with Crippen molar-refractivity contribution in [3.63, 3.8) is 0 Å². The standard InChI is InChI=1S/C37H23N3/c1-2-12-27(13-3-1)39-35-20-26-10-5-4-9-25(26)19-29(35)31-22-37-30(21-36(31)39)28-14-6-7-15-33(28)40(37)34-16-8-11-24-17-18-38-23-32(24)34/h1-23H. The second-order valence-corrected chi connectivity index (χ2v) is 10.5. The molecule has 0 aliphatic carbocycles. The van der Waals surface area contributed by atoms with Crippen molar-refractivity contribution in [2.75, 3.05) is 0 Å². The Morgan fingerprint density at radius 1 is 0.400 bits per heavy atom. The third-order valence-electron chi connectivity index (χ3n) is 8.34. The molecule has 6 aromatic carbocycles. The van der Waals surface area contributed by atoms with Gasteiger partial charge in [-0.1, -0.05) is 72.8 Å². The molecule has 0 spiro atoms. The van der Waals surface area contributed by atoms with E-state index in [2.05, 4.69) is 142 Å². The van der Waals surface area contributed by atoms with Gasteiger partial charge in [-0.05, 0) is 70.8 Å². The van der Waals surface area contributed by atoms with Gasteiger partial charge >= 0.3 is 0 Å². The number of pyridine rings is 1. The van der Waals surface area contributed by atoms with Gasteiger partial charge in [-0.2, -0.15) is 0 Å².